The number of hydrazine groups is 1. The highest BCUT2D eigenvalue weighted by atomic mass is 35.5. The highest BCUT2D eigenvalue weighted by Gasteiger charge is 2.10. The zero-order valence-corrected chi connectivity index (χ0v) is 15.8. The summed E-state index contributed by atoms with van der Waals surface area (Å²) in [7, 11) is 0. The van der Waals surface area contributed by atoms with Crippen molar-refractivity contribution in [3.05, 3.63) is 52.3 Å². The van der Waals surface area contributed by atoms with Gasteiger partial charge in [0.2, 0.25) is 11.0 Å². The van der Waals surface area contributed by atoms with Gasteiger partial charge in [-0.25, -0.2) is 9.37 Å². The third-order valence-corrected chi connectivity index (χ3v) is 5.92. The molecule has 0 aliphatic carbocycles. The molecule has 0 aliphatic heterocycles. The van der Waals surface area contributed by atoms with Crippen molar-refractivity contribution >= 4 is 67.6 Å². The Morgan fingerprint density at radius 3 is 2.72 bits per heavy atom. The molecule has 25 heavy (non-hydrogen) atoms. The van der Waals surface area contributed by atoms with Gasteiger partial charge in [0.15, 0.2) is 0 Å². The summed E-state index contributed by atoms with van der Waals surface area (Å²) in [4.78, 5) is 17.1. The lowest BCUT2D eigenvalue weighted by molar-refractivity contribution is -0.120. The van der Waals surface area contributed by atoms with Crippen molar-refractivity contribution in [2.75, 3.05) is 11.2 Å². The molecule has 1 amide bonds. The summed E-state index contributed by atoms with van der Waals surface area (Å²) in [6.07, 6.45) is 0.312. The SMILES string of the molecule is O=C(CCSc1ccc(F)cc1)NNc1nc2c(Cl)c(Cl)ccc2s1. The van der Waals surface area contributed by atoms with E-state index in [1.807, 2.05) is 6.07 Å². The van der Waals surface area contributed by atoms with Crippen LogP contribution in [0.1, 0.15) is 6.42 Å². The van der Waals surface area contributed by atoms with Gasteiger partial charge < -0.3 is 0 Å². The molecule has 0 radical (unpaired) electrons. The standard InChI is InChI=1S/C16H12Cl2FN3OS2/c17-11-5-6-12-15(14(11)18)20-16(25-12)22-21-13(23)7-8-24-10-3-1-9(19)2-4-10/h1-6H,7-8H2,(H,20,22)(H,21,23). The number of anilines is 1. The highest BCUT2D eigenvalue weighted by molar-refractivity contribution is 7.99. The molecular formula is C16H12Cl2FN3OS2. The van der Waals surface area contributed by atoms with Gasteiger partial charge in [0, 0.05) is 17.1 Å². The van der Waals surface area contributed by atoms with Crippen LogP contribution in [0.5, 0.6) is 0 Å². The minimum atomic E-state index is -0.275. The summed E-state index contributed by atoms with van der Waals surface area (Å²) < 4.78 is 13.7. The predicted molar refractivity (Wildman–Crippen MR) is 103 cm³/mol. The van der Waals surface area contributed by atoms with Crippen LogP contribution in [0, 0.1) is 5.82 Å². The van der Waals surface area contributed by atoms with Crippen LogP contribution in [0.15, 0.2) is 41.3 Å². The summed E-state index contributed by atoms with van der Waals surface area (Å²) in [5, 5.41) is 1.36. The van der Waals surface area contributed by atoms with Crippen LogP contribution in [0.25, 0.3) is 10.2 Å². The van der Waals surface area contributed by atoms with E-state index in [4.69, 9.17) is 23.2 Å². The van der Waals surface area contributed by atoms with Gasteiger partial charge in [0.25, 0.3) is 0 Å². The molecule has 2 N–H and O–H groups in total. The summed E-state index contributed by atoms with van der Waals surface area (Å²) in [5.41, 5.74) is 5.98. The fraction of sp³-hybridized carbons (Fsp3) is 0.125. The number of rotatable bonds is 6. The predicted octanol–water partition coefficient (Wildman–Crippen LogP) is 5.37. The second-order valence-corrected chi connectivity index (χ2v) is 7.94. The first-order valence-corrected chi connectivity index (χ1v) is 9.76. The Hall–Kier alpha value is -1.54. The molecule has 0 bridgehead atoms. The van der Waals surface area contributed by atoms with E-state index in [1.165, 1.54) is 35.2 Å². The van der Waals surface area contributed by atoms with Crippen molar-refractivity contribution in [1.82, 2.24) is 10.4 Å². The molecule has 9 heteroatoms. The first kappa shape index (κ1) is 18.3. The molecule has 0 spiro atoms. The van der Waals surface area contributed by atoms with Crippen molar-refractivity contribution in [2.45, 2.75) is 11.3 Å². The maximum atomic E-state index is 12.8. The van der Waals surface area contributed by atoms with E-state index >= 15 is 0 Å². The summed E-state index contributed by atoms with van der Waals surface area (Å²) in [5.74, 6) is 0.141. The quantitative estimate of drug-likeness (QED) is 0.419. The normalized spacial score (nSPS) is 10.8. The van der Waals surface area contributed by atoms with Crippen molar-refractivity contribution in [3.63, 3.8) is 0 Å². The molecule has 0 fully saturated rings. The number of benzene rings is 2. The number of fused-ring (bicyclic) bond motifs is 1. The average Bonchev–Trinajstić information content (AvgIpc) is 3.02. The van der Waals surface area contributed by atoms with Gasteiger partial charge in [-0.05, 0) is 36.4 Å². The molecule has 1 aromatic heterocycles. The van der Waals surface area contributed by atoms with E-state index in [2.05, 4.69) is 15.8 Å². The molecule has 3 aromatic rings. The molecule has 0 saturated carbocycles. The van der Waals surface area contributed by atoms with E-state index < -0.39 is 0 Å². The number of thioether (sulfide) groups is 1. The van der Waals surface area contributed by atoms with E-state index in [9.17, 15) is 9.18 Å². The van der Waals surface area contributed by atoms with Gasteiger partial charge in [0.1, 0.15) is 11.3 Å². The second-order valence-electron chi connectivity index (χ2n) is 4.95. The Morgan fingerprint density at radius 2 is 1.96 bits per heavy atom. The second kappa shape index (κ2) is 8.23. The van der Waals surface area contributed by atoms with E-state index in [0.717, 1.165) is 9.60 Å². The molecule has 130 valence electrons. The van der Waals surface area contributed by atoms with E-state index in [-0.39, 0.29) is 11.7 Å². The van der Waals surface area contributed by atoms with Gasteiger partial charge in [-0.3, -0.25) is 15.6 Å². The lowest BCUT2D eigenvalue weighted by Crippen LogP contribution is -2.29. The van der Waals surface area contributed by atoms with Crippen LogP contribution >= 0.6 is 46.3 Å². The average molecular weight is 416 g/mol. The molecular weight excluding hydrogens is 404 g/mol. The van der Waals surface area contributed by atoms with Crippen LogP contribution in [0.3, 0.4) is 0 Å². The lowest BCUT2D eigenvalue weighted by Gasteiger charge is -2.05. The van der Waals surface area contributed by atoms with Crippen molar-refractivity contribution < 1.29 is 9.18 Å². The number of hydrogen-bond donors (Lipinski definition) is 2. The fourth-order valence-corrected chi connectivity index (χ4v) is 4.06. The van der Waals surface area contributed by atoms with Crippen LogP contribution in [0.4, 0.5) is 9.52 Å². The van der Waals surface area contributed by atoms with Gasteiger partial charge >= 0.3 is 0 Å². The van der Waals surface area contributed by atoms with Gasteiger partial charge in [-0.2, -0.15) is 0 Å². The minimum Gasteiger partial charge on any atom is -0.273 e. The molecule has 4 nitrogen and oxygen atoms in total. The molecule has 0 saturated heterocycles. The zero-order valence-electron chi connectivity index (χ0n) is 12.7. The van der Waals surface area contributed by atoms with E-state index in [1.54, 1.807) is 18.2 Å². The monoisotopic (exact) mass is 415 g/mol. The number of thiazole rings is 1. The number of nitrogens with one attached hydrogen (secondary N) is 2. The van der Waals surface area contributed by atoms with Crippen LogP contribution in [-0.2, 0) is 4.79 Å². The smallest absolute Gasteiger partial charge is 0.239 e. The van der Waals surface area contributed by atoms with Crippen molar-refractivity contribution in [1.29, 1.82) is 0 Å². The van der Waals surface area contributed by atoms with Crippen LogP contribution in [-0.4, -0.2) is 16.6 Å². The topological polar surface area (TPSA) is 54.0 Å². The maximum Gasteiger partial charge on any atom is 0.239 e. The molecule has 3 rings (SSSR count). The first-order valence-electron chi connectivity index (χ1n) is 7.20. The summed E-state index contributed by atoms with van der Waals surface area (Å²) in [6.45, 7) is 0. The molecule has 0 unspecified atom stereocenters. The molecule has 2 aromatic carbocycles. The Labute approximate surface area is 161 Å². The number of carbonyl (C=O) groups excluding carboxylic acids is 1. The van der Waals surface area contributed by atoms with Crippen LogP contribution in [0.2, 0.25) is 10.0 Å². The Morgan fingerprint density at radius 1 is 1.20 bits per heavy atom. The number of amides is 1. The first-order chi connectivity index (χ1) is 12.0. The number of aromatic nitrogens is 1. The van der Waals surface area contributed by atoms with Gasteiger partial charge in [-0.15, -0.1) is 11.8 Å². The fourth-order valence-electron chi connectivity index (χ4n) is 1.97. The summed E-state index contributed by atoms with van der Waals surface area (Å²) >= 11 is 14.9. The van der Waals surface area contributed by atoms with Crippen molar-refractivity contribution in [3.8, 4) is 0 Å². The molecule has 0 aliphatic rings. The number of nitrogens with zero attached hydrogens (tertiary/aromatic N) is 1. The number of carbonyl (C=O) groups is 1. The number of halogens is 3. The third-order valence-electron chi connectivity index (χ3n) is 3.17. The zero-order chi connectivity index (χ0) is 17.8. The van der Waals surface area contributed by atoms with Gasteiger partial charge in [-0.1, -0.05) is 34.5 Å². The van der Waals surface area contributed by atoms with E-state index in [0.29, 0.717) is 32.9 Å². The largest absolute Gasteiger partial charge is 0.273 e. The Balaban J connectivity index is 1.49. The van der Waals surface area contributed by atoms with Crippen LogP contribution < -0.4 is 10.9 Å². The van der Waals surface area contributed by atoms with Gasteiger partial charge in [0.05, 0.1) is 14.7 Å². The Kier molecular flexibility index (Phi) is 6.01. The molecule has 0 atom stereocenters. The Bertz CT molecular complexity index is 902. The maximum absolute atomic E-state index is 12.8. The highest BCUT2D eigenvalue weighted by Crippen LogP contribution is 2.34. The number of hydrogen-bond acceptors (Lipinski definition) is 5. The van der Waals surface area contributed by atoms with Crippen molar-refractivity contribution in [2.24, 2.45) is 0 Å². The molecule has 1 heterocycles. The lowest BCUT2D eigenvalue weighted by atomic mass is 10.3. The minimum absolute atomic E-state index is 0.169. The summed E-state index contributed by atoms with van der Waals surface area (Å²) in [6, 6.07) is 9.70. The third kappa shape index (κ3) is 4.76.